The van der Waals surface area contributed by atoms with Crippen molar-refractivity contribution in [3.8, 4) is 11.3 Å². The summed E-state index contributed by atoms with van der Waals surface area (Å²) in [7, 11) is 0. The summed E-state index contributed by atoms with van der Waals surface area (Å²) in [5.41, 5.74) is 7.31. The number of nitrogen functional groups attached to an aromatic ring is 1. The Morgan fingerprint density at radius 1 is 1.50 bits per heavy atom. The number of piperazine rings is 1. The molecule has 1 aliphatic heterocycles. The maximum absolute atomic E-state index is 11.7. The van der Waals surface area contributed by atoms with Crippen molar-refractivity contribution < 1.29 is 9.21 Å². The zero-order chi connectivity index (χ0) is 14.1. The molecule has 20 heavy (non-hydrogen) atoms. The van der Waals surface area contributed by atoms with Crippen LogP contribution in [0, 0.1) is 0 Å². The van der Waals surface area contributed by atoms with Crippen molar-refractivity contribution in [1.82, 2.24) is 10.3 Å². The van der Waals surface area contributed by atoms with Gasteiger partial charge in [-0.3, -0.25) is 4.79 Å². The average Bonchev–Trinajstić information content (AvgIpc) is 2.91. The molecule has 0 bridgehead atoms. The molecule has 1 aliphatic rings. The van der Waals surface area contributed by atoms with Gasteiger partial charge in [0.05, 0.1) is 6.20 Å². The summed E-state index contributed by atoms with van der Waals surface area (Å²) in [5.74, 6) is 0.630. The Hall–Kier alpha value is -2.50. The van der Waals surface area contributed by atoms with Gasteiger partial charge >= 0.3 is 0 Å². The minimum atomic E-state index is -0.281. The number of hydrogen-bond donors (Lipinski definition) is 2. The van der Waals surface area contributed by atoms with Gasteiger partial charge in [0.2, 0.25) is 5.91 Å². The second-order valence-electron chi connectivity index (χ2n) is 4.79. The summed E-state index contributed by atoms with van der Waals surface area (Å²) in [6.45, 7) is 3.11. The van der Waals surface area contributed by atoms with E-state index in [9.17, 15) is 4.79 Å². The number of carbonyl (C=O) groups is 1. The van der Waals surface area contributed by atoms with Crippen LogP contribution in [0.3, 0.4) is 0 Å². The number of rotatable bonds is 2. The van der Waals surface area contributed by atoms with Gasteiger partial charge in [-0.1, -0.05) is 12.1 Å². The van der Waals surface area contributed by atoms with E-state index in [1.165, 1.54) is 0 Å². The maximum Gasteiger partial charge on any atom is 0.298 e. The van der Waals surface area contributed by atoms with E-state index in [0.717, 1.165) is 5.56 Å². The fraction of sp³-hybridized carbons (Fsp3) is 0.286. The zero-order valence-electron chi connectivity index (χ0n) is 11.2. The van der Waals surface area contributed by atoms with E-state index in [-0.39, 0.29) is 11.9 Å². The highest BCUT2D eigenvalue weighted by atomic mass is 16.4. The molecule has 1 amide bonds. The molecule has 0 aliphatic carbocycles. The Kier molecular flexibility index (Phi) is 3.06. The van der Waals surface area contributed by atoms with Crippen LogP contribution in [0.5, 0.6) is 0 Å². The van der Waals surface area contributed by atoms with Gasteiger partial charge in [0.1, 0.15) is 6.04 Å². The van der Waals surface area contributed by atoms with E-state index in [1.54, 1.807) is 6.20 Å². The van der Waals surface area contributed by atoms with E-state index in [2.05, 4.69) is 10.3 Å². The molecule has 1 aromatic heterocycles. The molecular formula is C14H16N4O2. The smallest absolute Gasteiger partial charge is 0.298 e. The topological polar surface area (TPSA) is 84.4 Å². The van der Waals surface area contributed by atoms with Crippen LogP contribution in [0.2, 0.25) is 0 Å². The fourth-order valence-electron chi connectivity index (χ4n) is 2.27. The van der Waals surface area contributed by atoms with Crippen molar-refractivity contribution in [2.75, 3.05) is 23.7 Å². The van der Waals surface area contributed by atoms with Gasteiger partial charge in [-0.2, -0.15) is 0 Å². The molecule has 0 saturated carbocycles. The number of hydrogen-bond acceptors (Lipinski definition) is 5. The lowest BCUT2D eigenvalue weighted by Gasteiger charge is -2.31. The van der Waals surface area contributed by atoms with Crippen LogP contribution < -0.4 is 16.0 Å². The fourth-order valence-corrected chi connectivity index (χ4v) is 2.27. The average molecular weight is 272 g/mol. The number of oxazole rings is 1. The Labute approximate surface area is 116 Å². The molecule has 3 N–H and O–H groups in total. The highest BCUT2D eigenvalue weighted by Crippen LogP contribution is 2.27. The molecule has 104 valence electrons. The first kappa shape index (κ1) is 12.5. The lowest BCUT2D eigenvalue weighted by Crippen LogP contribution is -2.54. The number of aromatic nitrogens is 1. The van der Waals surface area contributed by atoms with Crippen molar-refractivity contribution in [2.45, 2.75) is 13.0 Å². The summed E-state index contributed by atoms with van der Waals surface area (Å²) in [6, 6.07) is 7.60. The lowest BCUT2D eigenvalue weighted by atomic mass is 10.2. The monoisotopic (exact) mass is 272 g/mol. The van der Waals surface area contributed by atoms with E-state index in [0.29, 0.717) is 30.6 Å². The van der Waals surface area contributed by atoms with Crippen LogP contribution in [0.1, 0.15) is 6.92 Å². The first-order chi connectivity index (χ1) is 9.65. The van der Waals surface area contributed by atoms with Gasteiger partial charge in [0, 0.05) is 24.3 Å². The highest BCUT2D eigenvalue weighted by Gasteiger charge is 2.28. The number of benzene rings is 1. The van der Waals surface area contributed by atoms with Crippen LogP contribution in [0.15, 0.2) is 34.9 Å². The Morgan fingerprint density at radius 2 is 2.35 bits per heavy atom. The largest absolute Gasteiger partial charge is 0.423 e. The lowest BCUT2D eigenvalue weighted by molar-refractivity contribution is -0.123. The summed E-state index contributed by atoms with van der Waals surface area (Å²) in [6.07, 6.45) is 1.66. The van der Waals surface area contributed by atoms with E-state index < -0.39 is 0 Å². The Bertz CT molecular complexity index is 638. The number of carbonyl (C=O) groups excluding carboxylic acids is 1. The molecule has 3 rings (SSSR count). The number of nitrogens with two attached hydrogens (primary N) is 1. The van der Waals surface area contributed by atoms with Crippen molar-refractivity contribution in [3.05, 3.63) is 30.5 Å². The molecule has 1 fully saturated rings. The number of nitrogens with one attached hydrogen (secondary N) is 1. The van der Waals surface area contributed by atoms with Gasteiger partial charge in [-0.25, -0.2) is 4.98 Å². The van der Waals surface area contributed by atoms with Crippen LogP contribution in [0.25, 0.3) is 11.3 Å². The number of amides is 1. The molecule has 6 heteroatoms. The third kappa shape index (κ3) is 2.20. The first-order valence-electron chi connectivity index (χ1n) is 6.51. The molecule has 0 radical (unpaired) electrons. The minimum Gasteiger partial charge on any atom is -0.423 e. The Balaban J connectivity index is 1.88. The summed E-state index contributed by atoms with van der Waals surface area (Å²) in [4.78, 5) is 17.8. The molecule has 6 nitrogen and oxygen atoms in total. The van der Waals surface area contributed by atoms with Gasteiger partial charge in [0.15, 0.2) is 5.76 Å². The molecule has 1 saturated heterocycles. The van der Waals surface area contributed by atoms with Crippen LogP contribution in [0.4, 0.5) is 11.7 Å². The molecular weight excluding hydrogens is 256 g/mol. The summed E-state index contributed by atoms with van der Waals surface area (Å²) in [5, 5.41) is 2.81. The SMILES string of the molecule is CC1C(=O)NCCN1c1ncc(-c2cccc(N)c2)o1. The van der Waals surface area contributed by atoms with Crippen molar-refractivity contribution in [3.63, 3.8) is 0 Å². The molecule has 0 spiro atoms. The van der Waals surface area contributed by atoms with Gasteiger partial charge in [-0.05, 0) is 19.1 Å². The van der Waals surface area contributed by atoms with Gasteiger partial charge in [0.25, 0.3) is 6.01 Å². The van der Waals surface area contributed by atoms with E-state index in [1.807, 2.05) is 36.1 Å². The van der Waals surface area contributed by atoms with Crippen LogP contribution in [-0.4, -0.2) is 30.0 Å². The molecule has 1 aromatic carbocycles. The van der Waals surface area contributed by atoms with Gasteiger partial charge in [-0.15, -0.1) is 0 Å². The zero-order valence-corrected chi connectivity index (χ0v) is 11.2. The normalized spacial score (nSPS) is 18.9. The predicted molar refractivity (Wildman–Crippen MR) is 76.2 cm³/mol. The van der Waals surface area contributed by atoms with Crippen molar-refractivity contribution in [2.24, 2.45) is 0 Å². The number of anilines is 2. The van der Waals surface area contributed by atoms with Crippen LogP contribution >= 0.6 is 0 Å². The molecule has 1 unspecified atom stereocenters. The Morgan fingerprint density at radius 3 is 3.15 bits per heavy atom. The number of nitrogens with zero attached hydrogens (tertiary/aromatic N) is 2. The quantitative estimate of drug-likeness (QED) is 0.804. The highest BCUT2D eigenvalue weighted by molar-refractivity contribution is 5.85. The minimum absolute atomic E-state index is 0.0139. The summed E-state index contributed by atoms with van der Waals surface area (Å²) < 4.78 is 5.76. The third-order valence-electron chi connectivity index (χ3n) is 3.41. The first-order valence-corrected chi connectivity index (χ1v) is 6.51. The molecule has 2 heterocycles. The maximum atomic E-state index is 11.7. The molecule has 2 aromatic rings. The second kappa shape index (κ2) is 4.88. The molecule has 1 atom stereocenters. The van der Waals surface area contributed by atoms with Crippen LogP contribution in [-0.2, 0) is 4.79 Å². The van der Waals surface area contributed by atoms with Crippen molar-refractivity contribution in [1.29, 1.82) is 0 Å². The van der Waals surface area contributed by atoms with E-state index >= 15 is 0 Å². The standard InChI is InChI=1S/C14H16N4O2/c1-9-13(19)16-5-6-18(9)14-17-8-12(20-14)10-3-2-4-11(15)7-10/h2-4,7-9H,5-6,15H2,1H3,(H,16,19). The van der Waals surface area contributed by atoms with E-state index in [4.69, 9.17) is 10.2 Å². The second-order valence-corrected chi connectivity index (χ2v) is 4.79. The van der Waals surface area contributed by atoms with Gasteiger partial charge < -0.3 is 20.4 Å². The third-order valence-corrected chi connectivity index (χ3v) is 3.41. The summed E-state index contributed by atoms with van der Waals surface area (Å²) >= 11 is 0. The van der Waals surface area contributed by atoms with Crippen molar-refractivity contribution >= 4 is 17.6 Å². The predicted octanol–water partition coefficient (Wildman–Crippen LogP) is 1.25.